The van der Waals surface area contributed by atoms with Crippen LogP contribution in [0, 0.1) is 0 Å². The molecule has 1 heterocycles. The van der Waals surface area contributed by atoms with Crippen LogP contribution in [0.3, 0.4) is 0 Å². The number of carbonyl (C=O) groups excluding carboxylic acids is 1. The van der Waals surface area contributed by atoms with Crippen molar-refractivity contribution in [1.29, 1.82) is 0 Å². The number of carbonyl (C=O) groups is 1. The lowest BCUT2D eigenvalue weighted by Crippen LogP contribution is -2.42. The summed E-state index contributed by atoms with van der Waals surface area (Å²) in [4.78, 5) is 10.8. The van der Waals surface area contributed by atoms with Gasteiger partial charge in [0.15, 0.2) is 0 Å². The zero-order chi connectivity index (χ0) is 9.73. The van der Waals surface area contributed by atoms with Gasteiger partial charge in [0.2, 0.25) is 0 Å². The molecular formula is C9H17NO3. The fourth-order valence-electron chi connectivity index (χ4n) is 1.58. The quantitative estimate of drug-likeness (QED) is 0.613. The summed E-state index contributed by atoms with van der Waals surface area (Å²) in [6.45, 7) is 1.66. The van der Waals surface area contributed by atoms with Crippen molar-refractivity contribution in [3.05, 3.63) is 0 Å². The van der Waals surface area contributed by atoms with E-state index in [1.54, 1.807) is 0 Å². The second kappa shape index (κ2) is 4.58. The van der Waals surface area contributed by atoms with Gasteiger partial charge in [0.25, 0.3) is 0 Å². The van der Waals surface area contributed by atoms with Crippen LogP contribution in [0.15, 0.2) is 0 Å². The van der Waals surface area contributed by atoms with Gasteiger partial charge >= 0.3 is 5.97 Å². The average Bonchev–Trinajstić information content (AvgIpc) is 2.15. The molecule has 13 heavy (non-hydrogen) atoms. The molecule has 0 aliphatic carbocycles. The Kier molecular flexibility index (Phi) is 3.69. The Bertz CT molecular complexity index is 176. The Hall–Kier alpha value is -0.610. The zero-order valence-electron chi connectivity index (χ0n) is 8.01. The van der Waals surface area contributed by atoms with Gasteiger partial charge in [-0.25, -0.2) is 0 Å². The van der Waals surface area contributed by atoms with Crippen molar-refractivity contribution in [3.8, 4) is 0 Å². The molecule has 0 aromatic carbocycles. The molecule has 2 N–H and O–H groups in total. The van der Waals surface area contributed by atoms with E-state index in [4.69, 9.17) is 0 Å². The fourth-order valence-corrected chi connectivity index (χ4v) is 1.58. The first-order chi connectivity index (χ1) is 6.16. The highest BCUT2D eigenvalue weighted by molar-refractivity contribution is 5.69. The summed E-state index contributed by atoms with van der Waals surface area (Å²) in [5.74, 6) is -0.244. The molecule has 0 radical (unpaired) electrons. The maximum absolute atomic E-state index is 10.8. The van der Waals surface area contributed by atoms with Gasteiger partial charge in [-0.2, -0.15) is 0 Å². The third kappa shape index (κ3) is 3.32. The molecule has 0 unspecified atom stereocenters. The van der Waals surface area contributed by atoms with Crippen molar-refractivity contribution in [3.63, 3.8) is 0 Å². The lowest BCUT2D eigenvalue weighted by Gasteiger charge is -2.32. The van der Waals surface area contributed by atoms with Crippen LogP contribution < -0.4 is 5.32 Å². The molecule has 0 aromatic heterocycles. The maximum atomic E-state index is 10.8. The van der Waals surface area contributed by atoms with E-state index in [2.05, 4.69) is 10.1 Å². The first kappa shape index (κ1) is 10.5. The monoisotopic (exact) mass is 187 g/mol. The number of methoxy groups -OCH3 is 1. The first-order valence-electron chi connectivity index (χ1n) is 4.66. The van der Waals surface area contributed by atoms with Gasteiger partial charge in [0, 0.05) is 6.42 Å². The molecule has 0 amide bonds. The largest absolute Gasteiger partial charge is 0.469 e. The van der Waals surface area contributed by atoms with Crippen molar-refractivity contribution in [2.24, 2.45) is 0 Å². The summed E-state index contributed by atoms with van der Waals surface area (Å²) in [5.41, 5.74) is -0.653. The predicted molar refractivity (Wildman–Crippen MR) is 48.3 cm³/mol. The molecule has 4 heteroatoms. The van der Waals surface area contributed by atoms with Crippen molar-refractivity contribution in [2.75, 3.05) is 20.2 Å². The van der Waals surface area contributed by atoms with Crippen molar-refractivity contribution < 1.29 is 14.6 Å². The number of ether oxygens (including phenoxy) is 1. The highest BCUT2D eigenvalue weighted by Crippen LogP contribution is 2.23. The van der Waals surface area contributed by atoms with Crippen LogP contribution in [0.25, 0.3) is 0 Å². The molecule has 0 saturated carbocycles. The van der Waals surface area contributed by atoms with E-state index in [1.807, 2.05) is 0 Å². The molecule has 0 atom stereocenters. The second-order valence-electron chi connectivity index (χ2n) is 3.55. The molecular weight excluding hydrogens is 170 g/mol. The minimum absolute atomic E-state index is 0.244. The van der Waals surface area contributed by atoms with Gasteiger partial charge in [0.1, 0.15) is 0 Å². The van der Waals surface area contributed by atoms with Gasteiger partial charge in [0.05, 0.1) is 12.7 Å². The van der Waals surface area contributed by atoms with Crippen LogP contribution in [0.2, 0.25) is 0 Å². The standard InChI is InChI=1S/C9H17NO3/c1-13-8(11)2-3-9(12)4-6-10-7-5-9/h10,12H,2-7H2,1H3. The number of hydrogen-bond acceptors (Lipinski definition) is 4. The van der Waals surface area contributed by atoms with Gasteiger partial charge in [-0.05, 0) is 32.4 Å². The van der Waals surface area contributed by atoms with Gasteiger partial charge < -0.3 is 15.2 Å². The highest BCUT2D eigenvalue weighted by Gasteiger charge is 2.29. The Balaban J connectivity index is 2.28. The third-order valence-electron chi connectivity index (χ3n) is 2.56. The molecule has 1 saturated heterocycles. The number of rotatable bonds is 3. The number of aliphatic hydroxyl groups is 1. The minimum Gasteiger partial charge on any atom is -0.469 e. The van der Waals surface area contributed by atoms with Crippen LogP contribution in [0.1, 0.15) is 25.7 Å². The normalized spacial score (nSPS) is 21.1. The molecule has 4 nitrogen and oxygen atoms in total. The first-order valence-corrected chi connectivity index (χ1v) is 4.66. The SMILES string of the molecule is COC(=O)CCC1(O)CCNCC1. The molecule has 0 bridgehead atoms. The second-order valence-corrected chi connectivity index (χ2v) is 3.55. The number of nitrogens with one attached hydrogen (secondary N) is 1. The van der Waals surface area contributed by atoms with Crippen LogP contribution in [-0.2, 0) is 9.53 Å². The number of piperidine rings is 1. The summed E-state index contributed by atoms with van der Waals surface area (Å²) >= 11 is 0. The lowest BCUT2D eigenvalue weighted by molar-refractivity contribution is -0.142. The van der Waals surface area contributed by atoms with Crippen LogP contribution >= 0.6 is 0 Å². The predicted octanol–water partition coefficient (Wildman–Crippen LogP) is 0.0541. The third-order valence-corrected chi connectivity index (χ3v) is 2.56. The molecule has 1 aliphatic rings. The summed E-state index contributed by atoms with van der Waals surface area (Å²) in [6, 6.07) is 0. The van der Waals surface area contributed by atoms with E-state index >= 15 is 0 Å². The number of hydrogen-bond donors (Lipinski definition) is 2. The van der Waals surface area contributed by atoms with E-state index in [0.29, 0.717) is 12.8 Å². The van der Waals surface area contributed by atoms with E-state index in [-0.39, 0.29) is 5.97 Å². The highest BCUT2D eigenvalue weighted by atomic mass is 16.5. The van der Waals surface area contributed by atoms with E-state index in [1.165, 1.54) is 7.11 Å². The van der Waals surface area contributed by atoms with Crippen molar-refractivity contribution in [1.82, 2.24) is 5.32 Å². The lowest BCUT2D eigenvalue weighted by atomic mass is 9.88. The average molecular weight is 187 g/mol. The van der Waals surface area contributed by atoms with Gasteiger partial charge in [-0.3, -0.25) is 4.79 Å². The van der Waals surface area contributed by atoms with E-state index in [0.717, 1.165) is 25.9 Å². The summed E-state index contributed by atoms with van der Waals surface area (Å²) in [7, 11) is 1.37. The Morgan fingerprint density at radius 3 is 2.69 bits per heavy atom. The zero-order valence-corrected chi connectivity index (χ0v) is 8.01. The molecule has 0 spiro atoms. The smallest absolute Gasteiger partial charge is 0.305 e. The Labute approximate surface area is 78.3 Å². The summed E-state index contributed by atoms with van der Waals surface area (Å²) in [6.07, 6.45) is 2.28. The number of esters is 1. The van der Waals surface area contributed by atoms with Crippen molar-refractivity contribution >= 4 is 5.97 Å². The van der Waals surface area contributed by atoms with E-state index in [9.17, 15) is 9.90 Å². The topological polar surface area (TPSA) is 58.6 Å². The molecule has 1 aliphatic heterocycles. The van der Waals surface area contributed by atoms with E-state index < -0.39 is 5.60 Å². The van der Waals surface area contributed by atoms with Crippen molar-refractivity contribution in [2.45, 2.75) is 31.3 Å². The Morgan fingerprint density at radius 2 is 2.15 bits per heavy atom. The van der Waals surface area contributed by atoms with Gasteiger partial charge in [-0.1, -0.05) is 0 Å². The minimum atomic E-state index is -0.653. The van der Waals surface area contributed by atoms with Gasteiger partial charge in [-0.15, -0.1) is 0 Å². The van der Waals surface area contributed by atoms with Crippen LogP contribution in [0.4, 0.5) is 0 Å². The molecule has 1 rings (SSSR count). The van der Waals surface area contributed by atoms with Crippen LogP contribution in [0.5, 0.6) is 0 Å². The Morgan fingerprint density at radius 1 is 1.54 bits per heavy atom. The molecule has 76 valence electrons. The van der Waals surface area contributed by atoms with Crippen LogP contribution in [-0.4, -0.2) is 36.9 Å². The summed E-state index contributed by atoms with van der Waals surface area (Å²) in [5, 5.41) is 13.1. The molecule has 1 fully saturated rings. The summed E-state index contributed by atoms with van der Waals surface area (Å²) < 4.78 is 4.52. The fraction of sp³-hybridized carbons (Fsp3) is 0.889. The maximum Gasteiger partial charge on any atom is 0.305 e. The molecule has 0 aromatic rings.